The molecule has 1 saturated carbocycles. The molecule has 174 valence electrons. The Balaban J connectivity index is 1.52. The van der Waals surface area contributed by atoms with Crippen molar-refractivity contribution in [2.45, 2.75) is 58.9 Å². The van der Waals surface area contributed by atoms with Crippen LogP contribution in [-0.2, 0) is 4.79 Å². The largest absolute Gasteiger partial charge is 0.318 e. The van der Waals surface area contributed by atoms with Crippen LogP contribution in [0.3, 0.4) is 0 Å². The number of aromatic nitrogens is 1. The molecule has 34 heavy (non-hydrogen) atoms. The number of benzene rings is 2. The first-order valence-corrected chi connectivity index (χ1v) is 13.0. The summed E-state index contributed by atoms with van der Waals surface area (Å²) in [6, 6.07) is 20.9. The second-order valence-corrected chi connectivity index (χ2v) is 10.3. The summed E-state index contributed by atoms with van der Waals surface area (Å²) in [5.74, 6) is 0.0896. The van der Waals surface area contributed by atoms with Gasteiger partial charge in [-0.15, -0.1) is 0 Å². The Morgan fingerprint density at radius 1 is 0.941 bits per heavy atom. The van der Waals surface area contributed by atoms with E-state index < -0.39 is 0 Å². The van der Waals surface area contributed by atoms with Crippen LogP contribution < -0.4 is 0 Å². The van der Waals surface area contributed by atoms with Crippen molar-refractivity contribution in [1.82, 2.24) is 9.47 Å². The lowest BCUT2D eigenvalue weighted by molar-refractivity contribution is -0.124. The Labute approximate surface area is 206 Å². The van der Waals surface area contributed by atoms with Crippen LogP contribution >= 0.6 is 11.8 Å². The lowest BCUT2D eigenvalue weighted by Gasteiger charge is -2.30. The smallest absolute Gasteiger partial charge is 0.267 e. The van der Waals surface area contributed by atoms with Gasteiger partial charge in [-0.1, -0.05) is 55.2 Å². The van der Waals surface area contributed by atoms with Crippen LogP contribution in [0.4, 0.5) is 5.69 Å². The zero-order valence-electron chi connectivity index (χ0n) is 20.1. The molecule has 1 amide bonds. The van der Waals surface area contributed by atoms with E-state index in [2.05, 4.69) is 61.7 Å². The third kappa shape index (κ3) is 4.49. The molecule has 0 radical (unpaired) electrons. The highest BCUT2D eigenvalue weighted by atomic mass is 32.2. The summed E-state index contributed by atoms with van der Waals surface area (Å²) >= 11 is 1.51. The Bertz CT molecular complexity index is 1250. The lowest BCUT2D eigenvalue weighted by Crippen LogP contribution is -2.40. The molecule has 2 heterocycles. The molecule has 3 aromatic rings. The molecule has 0 spiro atoms. The van der Waals surface area contributed by atoms with Crippen LogP contribution in [0.1, 0.15) is 54.6 Å². The van der Waals surface area contributed by atoms with Crippen molar-refractivity contribution in [2.24, 2.45) is 4.99 Å². The zero-order chi connectivity index (χ0) is 23.7. The van der Waals surface area contributed by atoms with Crippen LogP contribution in [0.5, 0.6) is 0 Å². The summed E-state index contributed by atoms with van der Waals surface area (Å²) in [4.78, 5) is 21.3. The molecule has 1 saturated heterocycles. The standard InChI is InChI=1S/C29H31N3OS/c1-20-14-16-26(17-15-20)31-21(2)18-23(22(31)3)19-27-28(33)32(25-12-8-5-9-13-25)29(34-27)30-24-10-6-4-7-11-24/h4,6-7,10-11,14-19,25H,5,8-9,12-13H2,1-3H3/b27-19-,30-29?. The number of carbonyl (C=O) groups excluding carboxylic acids is 1. The minimum Gasteiger partial charge on any atom is -0.318 e. The van der Waals surface area contributed by atoms with Gasteiger partial charge in [-0.2, -0.15) is 0 Å². The molecule has 2 aromatic carbocycles. The van der Waals surface area contributed by atoms with Gasteiger partial charge in [-0.05, 0) is 87.3 Å². The van der Waals surface area contributed by atoms with E-state index in [0.717, 1.165) is 51.2 Å². The van der Waals surface area contributed by atoms with E-state index in [9.17, 15) is 4.79 Å². The molecule has 2 fully saturated rings. The van der Waals surface area contributed by atoms with E-state index in [4.69, 9.17) is 4.99 Å². The van der Waals surface area contributed by atoms with Crippen molar-refractivity contribution < 1.29 is 4.79 Å². The van der Waals surface area contributed by atoms with Crippen molar-refractivity contribution in [3.63, 3.8) is 0 Å². The monoisotopic (exact) mass is 469 g/mol. The maximum atomic E-state index is 13.7. The quantitative estimate of drug-likeness (QED) is 0.375. The molecule has 0 atom stereocenters. The fourth-order valence-corrected chi connectivity index (χ4v) is 6.05. The number of aliphatic imine (C=N–C) groups is 1. The Morgan fingerprint density at radius 3 is 2.35 bits per heavy atom. The fraction of sp³-hybridized carbons (Fsp3) is 0.310. The number of rotatable bonds is 4. The van der Waals surface area contributed by atoms with Gasteiger partial charge in [0.2, 0.25) is 0 Å². The van der Waals surface area contributed by atoms with Crippen molar-refractivity contribution in [3.8, 4) is 5.69 Å². The molecule has 2 aliphatic rings. The van der Waals surface area contributed by atoms with Crippen molar-refractivity contribution in [2.75, 3.05) is 0 Å². The summed E-state index contributed by atoms with van der Waals surface area (Å²) in [6.45, 7) is 6.35. The SMILES string of the molecule is Cc1ccc(-n2c(C)cc(/C=C3\SC(=Nc4ccccc4)N(C4CCCCC4)C3=O)c2C)cc1. The Kier molecular flexibility index (Phi) is 6.46. The molecule has 0 unspecified atom stereocenters. The van der Waals surface area contributed by atoms with E-state index in [0.29, 0.717) is 0 Å². The molecule has 0 bridgehead atoms. The second-order valence-electron chi connectivity index (χ2n) is 9.30. The van der Waals surface area contributed by atoms with E-state index >= 15 is 0 Å². The normalized spacial score (nSPS) is 19.5. The number of thioether (sulfide) groups is 1. The molecule has 4 nitrogen and oxygen atoms in total. The molecular formula is C29H31N3OS. The first-order chi connectivity index (χ1) is 16.5. The molecular weight excluding hydrogens is 438 g/mol. The van der Waals surface area contributed by atoms with Gasteiger partial charge in [0.05, 0.1) is 10.6 Å². The number of amides is 1. The van der Waals surface area contributed by atoms with Crippen LogP contribution in [0.2, 0.25) is 0 Å². The predicted molar refractivity (Wildman–Crippen MR) is 143 cm³/mol. The molecule has 1 aromatic heterocycles. The van der Waals surface area contributed by atoms with E-state index in [1.54, 1.807) is 0 Å². The zero-order valence-corrected chi connectivity index (χ0v) is 20.9. The third-order valence-electron chi connectivity index (χ3n) is 6.81. The number of nitrogens with zero attached hydrogens (tertiary/aromatic N) is 3. The van der Waals surface area contributed by atoms with Crippen LogP contribution in [0, 0.1) is 20.8 Å². The van der Waals surface area contributed by atoms with Crippen LogP contribution in [0.15, 0.2) is 70.6 Å². The summed E-state index contributed by atoms with van der Waals surface area (Å²) in [6.07, 6.45) is 7.77. The highest BCUT2D eigenvalue weighted by Gasteiger charge is 2.38. The maximum absolute atomic E-state index is 13.7. The van der Waals surface area contributed by atoms with Gasteiger partial charge >= 0.3 is 0 Å². The number of hydrogen-bond donors (Lipinski definition) is 0. The summed E-state index contributed by atoms with van der Waals surface area (Å²) < 4.78 is 2.26. The minimum absolute atomic E-state index is 0.0896. The van der Waals surface area contributed by atoms with Gasteiger partial charge in [-0.25, -0.2) is 4.99 Å². The van der Waals surface area contributed by atoms with Crippen LogP contribution in [0.25, 0.3) is 11.8 Å². The van der Waals surface area contributed by atoms with Gasteiger partial charge in [0.25, 0.3) is 5.91 Å². The Hall–Kier alpha value is -3.05. The average Bonchev–Trinajstić information content (AvgIpc) is 3.30. The van der Waals surface area contributed by atoms with Gasteiger partial charge in [0.1, 0.15) is 0 Å². The van der Waals surface area contributed by atoms with Gasteiger partial charge in [0.15, 0.2) is 5.17 Å². The first-order valence-electron chi connectivity index (χ1n) is 12.1. The number of aryl methyl sites for hydroxylation is 2. The van der Waals surface area contributed by atoms with Gasteiger partial charge in [0, 0.05) is 23.1 Å². The molecule has 1 aliphatic carbocycles. The molecule has 5 rings (SSSR count). The number of carbonyl (C=O) groups is 1. The highest BCUT2D eigenvalue weighted by Crippen LogP contribution is 2.39. The van der Waals surface area contributed by atoms with Crippen LogP contribution in [-0.4, -0.2) is 26.6 Å². The van der Waals surface area contributed by atoms with E-state index in [1.807, 2.05) is 35.2 Å². The summed E-state index contributed by atoms with van der Waals surface area (Å²) in [5.41, 5.74) is 6.65. The second kappa shape index (κ2) is 9.67. The van der Waals surface area contributed by atoms with E-state index in [1.165, 1.54) is 36.6 Å². The number of hydrogen-bond acceptors (Lipinski definition) is 3. The first kappa shape index (κ1) is 22.7. The van der Waals surface area contributed by atoms with Crippen molar-refractivity contribution >= 4 is 34.6 Å². The lowest BCUT2D eigenvalue weighted by atomic mass is 9.94. The Morgan fingerprint density at radius 2 is 1.65 bits per heavy atom. The van der Waals surface area contributed by atoms with Crippen molar-refractivity contribution in [3.05, 3.63) is 88.1 Å². The number of para-hydroxylation sites is 1. The number of amidine groups is 1. The third-order valence-corrected chi connectivity index (χ3v) is 7.79. The highest BCUT2D eigenvalue weighted by molar-refractivity contribution is 8.18. The molecule has 1 aliphatic heterocycles. The summed E-state index contributed by atoms with van der Waals surface area (Å²) in [5, 5.41) is 0.807. The molecule has 0 N–H and O–H groups in total. The fourth-order valence-electron chi connectivity index (χ4n) is 5.00. The predicted octanol–water partition coefficient (Wildman–Crippen LogP) is 7.34. The van der Waals surface area contributed by atoms with Gasteiger partial charge in [-0.3, -0.25) is 9.69 Å². The minimum atomic E-state index is 0.0896. The van der Waals surface area contributed by atoms with E-state index in [-0.39, 0.29) is 11.9 Å². The van der Waals surface area contributed by atoms with Crippen molar-refractivity contribution in [1.29, 1.82) is 0 Å². The average molecular weight is 470 g/mol. The maximum Gasteiger partial charge on any atom is 0.267 e. The summed E-state index contributed by atoms with van der Waals surface area (Å²) in [7, 11) is 0. The van der Waals surface area contributed by atoms with Gasteiger partial charge < -0.3 is 4.57 Å². The topological polar surface area (TPSA) is 37.6 Å². The molecule has 5 heteroatoms.